The molecular formula is C26H33F3N4O4. The lowest BCUT2D eigenvalue weighted by Crippen LogP contribution is -2.47. The maximum atomic E-state index is 13.9. The summed E-state index contributed by atoms with van der Waals surface area (Å²) in [5.41, 5.74) is 2.67. The zero-order chi connectivity index (χ0) is 26.3. The van der Waals surface area contributed by atoms with Crippen LogP contribution in [-0.2, 0) is 28.9 Å². The Balaban J connectivity index is 1.21. The second kappa shape index (κ2) is 10.6. The Hall–Kier alpha value is -2.63. The summed E-state index contributed by atoms with van der Waals surface area (Å²) in [7, 11) is 0. The molecule has 3 aliphatic rings. The van der Waals surface area contributed by atoms with E-state index in [-0.39, 0.29) is 30.4 Å². The van der Waals surface area contributed by atoms with Crippen molar-refractivity contribution in [3.8, 4) is 5.75 Å². The number of hydrogen-bond acceptors (Lipinski definition) is 6. The molecule has 5 rings (SSSR count). The van der Waals surface area contributed by atoms with Gasteiger partial charge in [-0.1, -0.05) is 0 Å². The van der Waals surface area contributed by atoms with Crippen LogP contribution >= 0.6 is 0 Å². The van der Waals surface area contributed by atoms with Gasteiger partial charge in [0.05, 0.1) is 12.2 Å². The normalized spacial score (nSPS) is 23.8. The SMILES string of the molecule is C[C@@H]1CN(C(O)c2nn(CC(=O)N3CCC(Oc4ccc(F)c(F)c4F)CC3)c3c2CCC3)C[C@H](C)O1. The third kappa shape index (κ3) is 5.35. The predicted octanol–water partition coefficient (Wildman–Crippen LogP) is 2.96. The van der Waals surface area contributed by atoms with E-state index in [1.54, 1.807) is 9.58 Å². The molecule has 1 aliphatic carbocycles. The topological polar surface area (TPSA) is 80.1 Å². The number of aliphatic hydroxyl groups excluding tert-OH is 1. The summed E-state index contributed by atoms with van der Waals surface area (Å²) in [4.78, 5) is 16.8. The van der Waals surface area contributed by atoms with E-state index in [1.165, 1.54) is 0 Å². The molecule has 0 saturated carbocycles. The molecule has 1 aromatic heterocycles. The van der Waals surface area contributed by atoms with Crippen molar-refractivity contribution in [1.82, 2.24) is 19.6 Å². The van der Waals surface area contributed by atoms with Gasteiger partial charge < -0.3 is 19.5 Å². The number of piperidine rings is 1. The van der Waals surface area contributed by atoms with E-state index in [0.717, 1.165) is 42.7 Å². The number of likely N-dealkylation sites (tertiary alicyclic amines) is 1. The first-order valence-electron chi connectivity index (χ1n) is 12.9. The van der Waals surface area contributed by atoms with Gasteiger partial charge in [-0.05, 0) is 45.2 Å². The molecule has 1 unspecified atom stereocenters. The molecular weight excluding hydrogens is 489 g/mol. The molecule has 0 radical (unpaired) electrons. The summed E-state index contributed by atoms with van der Waals surface area (Å²) < 4.78 is 53.7. The number of halogens is 3. The van der Waals surface area contributed by atoms with Gasteiger partial charge in [-0.3, -0.25) is 14.4 Å². The minimum absolute atomic E-state index is 0.0144. The van der Waals surface area contributed by atoms with E-state index in [4.69, 9.17) is 14.6 Å². The van der Waals surface area contributed by atoms with E-state index in [2.05, 4.69) is 0 Å². The molecule has 0 spiro atoms. The predicted molar refractivity (Wildman–Crippen MR) is 127 cm³/mol. The van der Waals surface area contributed by atoms with Crippen LogP contribution in [0.2, 0.25) is 0 Å². The van der Waals surface area contributed by atoms with Crippen molar-refractivity contribution in [3.63, 3.8) is 0 Å². The summed E-state index contributed by atoms with van der Waals surface area (Å²) in [6.07, 6.45) is 2.26. The number of morpholine rings is 1. The van der Waals surface area contributed by atoms with Crippen molar-refractivity contribution >= 4 is 5.91 Å². The average molecular weight is 523 g/mol. The van der Waals surface area contributed by atoms with Gasteiger partial charge in [0.1, 0.15) is 18.3 Å². The molecule has 3 atom stereocenters. The lowest BCUT2D eigenvalue weighted by Gasteiger charge is -2.37. The molecule has 11 heteroatoms. The maximum Gasteiger partial charge on any atom is 0.244 e. The number of carbonyl (C=O) groups excluding carboxylic acids is 1. The van der Waals surface area contributed by atoms with Crippen molar-refractivity contribution in [2.45, 2.75) is 77.0 Å². The largest absolute Gasteiger partial charge is 0.487 e. The summed E-state index contributed by atoms with van der Waals surface area (Å²) in [5.74, 6) is -4.58. The average Bonchev–Trinajstić information content (AvgIpc) is 3.48. The Morgan fingerprint density at radius 2 is 1.84 bits per heavy atom. The summed E-state index contributed by atoms with van der Waals surface area (Å²) in [6.45, 7) is 6.07. The fourth-order valence-corrected chi connectivity index (χ4v) is 5.70. The van der Waals surface area contributed by atoms with E-state index in [1.807, 2.05) is 18.7 Å². The number of aliphatic hydroxyl groups is 1. The number of aromatic nitrogens is 2. The van der Waals surface area contributed by atoms with Crippen molar-refractivity contribution in [2.75, 3.05) is 26.2 Å². The van der Waals surface area contributed by atoms with Crippen molar-refractivity contribution < 1.29 is 32.5 Å². The third-order valence-electron chi connectivity index (χ3n) is 7.45. The second-order valence-corrected chi connectivity index (χ2v) is 10.3. The number of rotatable bonds is 6. The highest BCUT2D eigenvalue weighted by molar-refractivity contribution is 5.76. The van der Waals surface area contributed by atoms with Crippen LogP contribution in [0.1, 0.15) is 56.3 Å². The first kappa shape index (κ1) is 26.0. The molecule has 202 valence electrons. The van der Waals surface area contributed by atoms with Crippen LogP contribution in [0.15, 0.2) is 12.1 Å². The number of benzene rings is 1. The smallest absolute Gasteiger partial charge is 0.244 e. The maximum absolute atomic E-state index is 13.9. The van der Waals surface area contributed by atoms with Crippen molar-refractivity contribution in [3.05, 3.63) is 46.5 Å². The molecule has 1 aromatic carbocycles. The first-order chi connectivity index (χ1) is 17.7. The molecule has 2 saturated heterocycles. The quantitative estimate of drug-likeness (QED) is 0.588. The van der Waals surface area contributed by atoms with Gasteiger partial charge >= 0.3 is 0 Å². The van der Waals surface area contributed by atoms with Crippen LogP contribution in [0.5, 0.6) is 5.75 Å². The molecule has 37 heavy (non-hydrogen) atoms. The summed E-state index contributed by atoms with van der Waals surface area (Å²) in [6, 6.07) is 1.91. The van der Waals surface area contributed by atoms with Gasteiger partial charge in [0.25, 0.3) is 0 Å². The second-order valence-electron chi connectivity index (χ2n) is 10.3. The molecule has 3 heterocycles. The van der Waals surface area contributed by atoms with Gasteiger partial charge in [0.15, 0.2) is 23.6 Å². The van der Waals surface area contributed by atoms with Gasteiger partial charge in [0.2, 0.25) is 11.7 Å². The number of carbonyl (C=O) groups is 1. The molecule has 2 aliphatic heterocycles. The van der Waals surface area contributed by atoms with E-state index in [0.29, 0.717) is 44.7 Å². The fraction of sp³-hybridized carbons (Fsp3) is 0.615. The Kier molecular flexibility index (Phi) is 7.46. The standard InChI is InChI=1S/C26H33F3N4O4/c1-15-12-32(13-16(2)36-15)26(35)25-18-4-3-5-20(18)33(30-25)14-22(34)31-10-8-17(9-11-31)37-21-7-6-19(27)23(28)24(21)29/h6-7,15-17,26,35H,3-5,8-14H2,1-2H3/t15-,16+,26?. The van der Waals surface area contributed by atoms with Gasteiger partial charge in [-0.25, -0.2) is 8.78 Å². The van der Waals surface area contributed by atoms with Crippen molar-refractivity contribution in [1.29, 1.82) is 0 Å². The molecule has 1 amide bonds. The monoisotopic (exact) mass is 522 g/mol. The Labute approximate surface area is 213 Å². The Bertz CT molecular complexity index is 1140. The van der Waals surface area contributed by atoms with Gasteiger partial charge in [-0.2, -0.15) is 9.49 Å². The van der Waals surface area contributed by atoms with Crippen LogP contribution < -0.4 is 4.74 Å². The van der Waals surface area contributed by atoms with E-state index in [9.17, 15) is 23.1 Å². The first-order valence-corrected chi connectivity index (χ1v) is 12.9. The molecule has 8 nitrogen and oxygen atoms in total. The highest BCUT2D eigenvalue weighted by Crippen LogP contribution is 2.32. The van der Waals surface area contributed by atoms with E-state index < -0.39 is 29.8 Å². The number of hydrogen-bond donors (Lipinski definition) is 1. The van der Waals surface area contributed by atoms with Crippen molar-refractivity contribution in [2.24, 2.45) is 0 Å². The molecule has 1 N–H and O–H groups in total. The Morgan fingerprint density at radius 1 is 1.14 bits per heavy atom. The number of ether oxygens (including phenoxy) is 2. The van der Waals surface area contributed by atoms with Crippen LogP contribution in [-0.4, -0.2) is 75.1 Å². The number of amides is 1. The molecule has 2 aromatic rings. The fourth-order valence-electron chi connectivity index (χ4n) is 5.70. The minimum atomic E-state index is -1.56. The molecule has 0 bridgehead atoms. The number of nitrogens with zero attached hydrogens (tertiary/aromatic N) is 4. The van der Waals surface area contributed by atoms with Gasteiger partial charge in [-0.15, -0.1) is 0 Å². The van der Waals surface area contributed by atoms with Gasteiger partial charge in [0, 0.05) is 50.3 Å². The van der Waals surface area contributed by atoms with Crippen LogP contribution in [0.3, 0.4) is 0 Å². The van der Waals surface area contributed by atoms with Crippen LogP contribution in [0, 0.1) is 17.5 Å². The van der Waals surface area contributed by atoms with E-state index >= 15 is 0 Å². The minimum Gasteiger partial charge on any atom is -0.487 e. The summed E-state index contributed by atoms with van der Waals surface area (Å²) >= 11 is 0. The van der Waals surface area contributed by atoms with Crippen LogP contribution in [0.4, 0.5) is 13.2 Å². The molecule has 2 fully saturated rings. The lowest BCUT2D eigenvalue weighted by molar-refractivity contribution is -0.134. The zero-order valence-electron chi connectivity index (χ0n) is 21.1. The van der Waals surface area contributed by atoms with Crippen LogP contribution in [0.25, 0.3) is 0 Å². The highest BCUT2D eigenvalue weighted by Gasteiger charge is 2.34. The lowest BCUT2D eigenvalue weighted by atomic mass is 10.1. The Morgan fingerprint density at radius 3 is 2.54 bits per heavy atom. The number of fused-ring (bicyclic) bond motifs is 1. The highest BCUT2D eigenvalue weighted by atomic mass is 19.2. The third-order valence-corrected chi connectivity index (χ3v) is 7.45. The zero-order valence-corrected chi connectivity index (χ0v) is 21.1. The summed E-state index contributed by atoms with van der Waals surface area (Å²) in [5, 5.41) is 15.8.